The molecule has 94 valence electrons. The first-order valence-electron chi connectivity index (χ1n) is 5.74. The second-order valence-electron chi connectivity index (χ2n) is 4.23. The summed E-state index contributed by atoms with van der Waals surface area (Å²) in [5, 5.41) is 3.20. The zero-order valence-corrected chi connectivity index (χ0v) is 10.4. The van der Waals surface area contributed by atoms with E-state index in [2.05, 4.69) is 29.3 Å². The number of anilines is 1. The number of pyridine rings is 1. The van der Waals surface area contributed by atoms with Crippen molar-refractivity contribution in [2.24, 2.45) is 5.73 Å². The molecule has 1 aromatic heterocycles. The molecule has 0 aliphatic carbocycles. The molecule has 0 fully saturated rings. The van der Waals surface area contributed by atoms with Gasteiger partial charge in [-0.3, -0.25) is 4.79 Å². The van der Waals surface area contributed by atoms with E-state index >= 15 is 0 Å². The maximum absolute atomic E-state index is 10.8. The van der Waals surface area contributed by atoms with Crippen LogP contribution in [0.4, 0.5) is 5.82 Å². The summed E-state index contributed by atoms with van der Waals surface area (Å²) in [5.74, 6) is 0.329. The predicted molar refractivity (Wildman–Crippen MR) is 69.0 cm³/mol. The van der Waals surface area contributed by atoms with E-state index in [1.54, 1.807) is 12.1 Å². The number of nitrogens with one attached hydrogen (secondary N) is 1. The number of aromatic nitrogens is 1. The Morgan fingerprint density at radius 3 is 2.71 bits per heavy atom. The highest BCUT2D eigenvalue weighted by molar-refractivity contribution is 5.92. The second kappa shape index (κ2) is 6.85. The molecule has 5 heteroatoms. The van der Waals surface area contributed by atoms with Gasteiger partial charge >= 0.3 is 0 Å². The van der Waals surface area contributed by atoms with Crippen molar-refractivity contribution in [3.63, 3.8) is 0 Å². The molecule has 1 heterocycles. The third-order valence-corrected chi connectivity index (χ3v) is 2.39. The lowest BCUT2D eigenvalue weighted by Gasteiger charge is -2.09. The molecule has 17 heavy (non-hydrogen) atoms. The number of hydrogen-bond donors (Lipinski definition) is 2. The summed E-state index contributed by atoms with van der Waals surface area (Å²) in [6.07, 6.45) is 3.74. The minimum atomic E-state index is -0.449. The van der Waals surface area contributed by atoms with Gasteiger partial charge in [0.05, 0.1) is 5.56 Å². The molecule has 5 nitrogen and oxygen atoms in total. The van der Waals surface area contributed by atoms with E-state index in [0.717, 1.165) is 31.7 Å². The quantitative estimate of drug-likeness (QED) is 0.691. The molecule has 0 saturated heterocycles. The van der Waals surface area contributed by atoms with Crippen LogP contribution in [0.2, 0.25) is 0 Å². The van der Waals surface area contributed by atoms with Crippen molar-refractivity contribution in [3.05, 3.63) is 23.9 Å². The van der Waals surface area contributed by atoms with Gasteiger partial charge < -0.3 is 16.0 Å². The van der Waals surface area contributed by atoms with Crippen LogP contribution in [-0.4, -0.2) is 43.0 Å². The van der Waals surface area contributed by atoms with Crippen LogP contribution in [0.5, 0.6) is 0 Å². The lowest BCUT2D eigenvalue weighted by Crippen LogP contribution is -2.14. The first-order chi connectivity index (χ1) is 8.09. The fourth-order valence-electron chi connectivity index (χ4n) is 1.41. The molecule has 0 aliphatic heterocycles. The van der Waals surface area contributed by atoms with E-state index < -0.39 is 5.91 Å². The van der Waals surface area contributed by atoms with Crippen LogP contribution in [0.3, 0.4) is 0 Å². The van der Waals surface area contributed by atoms with E-state index in [4.69, 9.17) is 5.73 Å². The monoisotopic (exact) mass is 236 g/mol. The van der Waals surface area contributed by atoms with Crippen molar-refractivity contribution in [2.45, 2.75) is 12.8 Å². The van der Waals surface area contributed by atoms with Gasteiger partial charge in [0.15, 0.2) is 0 Å². The minimum absolute atomic E-state index is 0.433. The number of unbranched alkanes of at least 4 members (excludes halogenated alkanes) is 1. The molecule has 0 atom stereocenters. The Bertz CT molecular complexity index is 348. The molecular formula is C12H20N4O. The van der Waals surface area contributed by atoms with Gasteiger partial charge in [0.25, 0.3) is 0 Å². The summed E-state index contributed by atoms with van der Waals surface area (Å²) in [5.41, 5.74) is 5.56. The number of primary amides is 1. The molecule has 0 saturated carbocycles. The van der Waals surface area contributed by atoms with Crippen LogP contribution in [-0.2, 0) is 0 Å². The normalized spacial score (nSPS) is 10.5. The van der Waals surface area contributed by atoms with Gasteiger partial charge in [-0.2, -0.15) is 0 Å². The molecule has 0 unspecified atom stereocenters. The zero-order valence-electron chi connectivity index (χ0n) is 10.4. The Morgan fingerprint density at radius 2 is 2.18 bits per heavy atom. The third kappa shape index (κ3) is 5.31. The molecule has 3 N–H and O–H groups in total. The van der Waals surface area contributed by atoms with Crippen LogP contribution in [0.25, 0.3) is 0 Å². The molecule has 0 aliphatic rings. The number of rotatable bonds is 7. The molecular weight excluding hydrogens is 216 g/mol. The third-order valence-electron chi connectivity index (χ3n) is 2.39. The fourth-order valence-corrected chi connectivity index (χ4v) is 1.41. The Kier molecular flexibility index (Phi) is 5.42. The van der Waals surface area contributed by atoms with Gasteiger partial charge in [-0.15, -0.1) is 0 Å². The van der Waals surface area contributed by atoms with Gasteiger partial charge in [-0.05, 0) is 45.6 Å². The fraction of sp³-hybridized carbons (Fsp3) is 0.500. The SMILES string of the molecule is CN(C)CCCCNc1ccc(C(N)=O)cn1. The summed E-state index contributed by atoms with van der Waals surface area (Å²) in [6.45, 7) is 1.98. The summed E-state index contributed by atoms with van der Waals surface area (Å²) >= 11 is 0. The largest absolute Gasteiger partial charge is 0.370 e. The second-order valence-corrected chi connectivity index (χ2v) is 4.23. The first-order valence-corrected chi connectivity index (χ1v) is 5.74. The summed E-state index contributed by atoms with van der Waals surface area (Å²) in [6, 6.07) is 3.45. The predicted octanol–water partition coefficient (Wildman–Crippen LogP) is 0.934. The van der Waals surface area contributed by atoms with Crippen LogP contribution in [0.15, 0.2) is 18.3 Å². The van der Waals surface area contributed by atoms with Crippen molar-refractivity contribution >= 4 is 11.7 Å². The van der Waals surface area contributed by atoms with E-state index in [1.165, 1.54) is 6.20 Å². The molecule has 1 rings (SSSR count). The van der Waals surface area contributed by atoms with Crippen LogP contribution in [0, 0.1) is 0 Å². The average molecular weight is 236 g/mol. The maximum atomic E-state index is 10.8. The number of carbonyl (C=O) groups is 1. The van der Waals surface area contributed by atoms with Crippen LogP contribution >= 0.6 is 0 Å². The number of hydrogen-bond acceptors (Lipinski definition) is 4. The van der Waals surface area contributed by atoms with Crippen LogP contribution in [0.1, 0.15) is 23.2 Å². The van der Waals surface area contributed by atoms with E-state index in [1.807, 2.05) is 0 Å². The first kappa shape index (κ1) is 13.4. The highest BCUT2D eigenvalue weighted by atomic mass is 16.1. The highest BCUT2D eigenvalue weighted by Gasteiger charge is 2.00. The van der Waals surface area contributed by atoms with Crippen LogP contribution < -0.4 is 11.1 Å². The lowest BCUT2D eigenvalue weighted by atomic mass is 10.2. The van der Waals surface area contributed by atoms with Gasteiger partial charge in [0, 0.05) is 12.7 Å². The minimum Gasteiger partial charge on any atom is -0.370 e. The van der Waals surface area contributed by atoms with Gasteiger partial charge in [-0.1, -0.05) is 0 Å². The number of nitrogens with two attached hydrogens (primary N) is 1. The molecule has 0 radical (unpaired) electrons. The van der Waals surface area contributed by atoms with Crippen molar-refractivity contribution in [3.8, 4) is 0 Å². The Hall–Kier alpha value is -1.62. The number of nitrogens with zero attached hydrogens (tertiary/aromatic N) is 2. The van der Waals surface area contributed by atoms with E-state index in [0.29, 0.717) is 5.56 Å². The molecule has 0 spiro atoms. The lowest BCUT2D eigenvalue weighted by molar-refractivity contribution is 0.1000. The van der Waals surface area contributed by atoms with Crippen molar-refractivity contribution < 1.29 is 4.79 Å². The van der Waals surface area contributed by atoms with Crippen molar-refractivity contribution in [2.75, 3.05) is 32.5 Å². The topological polar surface area (TPSA) is 71.2 Å². The standard InChI is InChI=1S/C12H20N4O/c1-16(2)8-4-3-7-14-11-6-5-10(9-15-11)12(13)17/h5-6,9H,3-4,7-8H2,1-2H3,(H2,13,17)(H,14,15). The molecule has 0 aromatic carbocycles. The molecule has 0 bridgehead atoms. The summed E-state index contributed by atoms with van der Waals surface area (Å²) in [4.78, 5) is 17.1. The van der Waals surface area contributed by atoms with E-state index in [9.17, 15) is 4.79 Å². The molecule has 1 aromatic rings. The van der Waals surface area contributed by atoms with Gasteiger partial charge in [-0.25, -0.2) is 4.98 Å². The highest BCUT2D eigenvalue weighted by Crippen LogP contribution is 2.04. The molecule has 1 amide bonds. The van der Waals surface area contributed by atoms with Gasteiger partial charge in [0.1, 0.15) is 5.82 Å². The smallest absolute Gasteiger partial charge is 0.250 e. The summed E-state index contributed by atoms with van der Waals surface area (Å²) < 4.78 is 0. The van der Waals surface area contributed by atoms with Crippen molar-refractivity contribution in [1.82, 2.24) is 9.88 Å². The number of amides is 1. The Morgan fingerprint density at radius 1 is 1.41 bits per heavy atom. The zero-order chi connectivity index (χ0) is 12.7. The van der Waals surface area contributed by atoms with Crippen molar-refractivity contribution in [1.29, 1.82) is 0 Å². The average Bonchev–Trinajstić information content (AvgIpc) is 2.29. The summed E-state index contributed by atoms with van der Waals surface area (Å²) in [7, 11) is 4.13. The maximum Gasteiger partial charge on any atom is 0.250 e. The Balaban J connectivity index is 2.25. The van der Waals surface area contributed by atoms with E-state index in [-0.39, 0.29) is 0 Å². The Labute approximate surface area is 102 Å². The van der Waals surface area contributed by atoms with Gasteiger partial charge in [0.2, 0.25) is 5.91 Å². The number of carbonyl (C=O) groups excluding carboxylic acids is 1.